The summed E-state index contributed by atoms with van der Waals surface area (Å²) in [4.78, 5) is 49.7. The van der Waals surface area contributed by atoms with E-state index in [4.69, 9.17) is 0 Å². The van der Waals surface area contributed by atoms with Crippen molar-refractivity contribution in [2.24, 2.45) is 11.0 Å². The first-order valence-electron chi connectivity index (χ1n) is 8.52. The molecule has 2 aromatic carbocycles. The summed E-state index contributed by atoms with van der Waals surface area (Å²) in [7, 11) is 0. The first-order valence-corrected chi connectivity index (χ1v) is 8.52. The molecule has 0 saturated carbocycles. The summed E-state index contributed by atoms with van der Waals surface area (Å²) in [5, 5.41) is 5.84. The Kier molecular flexibility index (Phi) is 5.30. The molecule has 0 spiro atoms. The Morgan fingerprint density at radius 1 is 1.00 bits per heavy atom. The summed E-state index contributed by atoms with van der Waals surface area (Å²) in [5.41, 5.74) is 4.96. The van der Waals surface area contributed by atoms with Crippen LogP contribution in [0, 0.1) is 19.8 Å². The fraction of sp³-hybridized carbons (Fsp3) is 0.150. The lowest BCUT2D eigenvalue weighted by atomic mass is 10.1. The Bertz CT molecular complexity index is 965. The summed E-state index contributed by atoms with van der Waals surface area (Å²) >= 11 is 0. The number of hydrogen-bond acceptors (Lipinski definition) is 5. The van der Waals surface area contributed by atoms with E-state index in [-0.39, 0.29) is 0 Å². The number of benzene rings is 2. The molecule has 1 saturated heterocycles. The number of carbonyl (C=O) groups excluding carboxylic acids is 4. The third kappa shape index (κ3) is 3.96. The van der Waals surface area contributed by atoms with Crippen molar-refractivity contribution < 1.29 is 19.2 Å². The fourth-order valence-corrected chi connectivity index (χ4v) is 2.60. The van der Waals surface area contributed by atoms with Gasteiger partial charge in [0, 0.05) is 11.8 Å². The van der Waals surface area contributed by atoms with Gasteiger partial charge in [-0.2, -0.15) is 5.10 Å². The molecule has 1 heterocycles. The van der Waals surface area contributed by atoms with Gasteiger partial charge in [-0.05, 0) is 38.1 Å². The van der Waals surface area contributed by atoms with E-state index in [2.05, 4.69) is 15.8 Å². The number of rotatable bonds is 4. The van der Waals surface area contributed by atoms with E-state index < -0.39 is 29.7 Å². The number of imide groups is 2. The first-order chi connectivity index (χ1) is 13.4. The van der Waals surface area contributed by atoms with Crippen LogP contribution in [0.1, 0.15) is 21.5 Å². The minimum Gasteiger partial charge on any atom is -0.276 e. The zero-order chi connectivity index (χ0) is 20.3. The summed E-state index contributed by atoms with van der Waals surface area (Å²) in [6.45, 7) is 3.77. The van der Waals surface area contributed by atoms with Crippen LogP contribution in [-0.2, 0) is 9.59 Å². The van der Waals surface area contributed by atoms with Gasteiger partial charge in [0.2, 0.25) is 5.91 Å². The molecule has 1 aliphatic heterocycles. The number of hydrogen-bond donors (Lipinski definition) is 2. The summed E-state index contributed by atoms with van der Waals surface area (Å²) < 4.78 is 0. The van der Waals surface area contributed by atoms with Crippen molar-refractivity contribution in [2.75, 3.05) is 4.90 Å². The second-order valence-electron chi connectivity index (χ2n) is 6.37. The van der Waals surface area contributed by atoms with Crippen LogP contribution in [0.15, 0.2) is 53.6 Å². The van der Waals surface area contributed by atoms with E-state index in [0.29, 0.717) is 11.3 Å². The topological polar surface area (TPSA) is 108 Å². The van der Waals surface area contributed by atoms with Crippen molar-refractivity contribution in [2.45, 2.75) is 13.8 Å². The summed E-state index contributed by atoms with van der Waals surface area (Å²) in [6, 6.07) is 12.7. The van der Waals surface area contributed by atoms with Gasteiger partial charge in [0.1, 0.15) is 0 Å². The lowest BCUT2D eigenvalue weighted by molar-refractivity contribution is -0.131. The number of urea groups is 1. The molecule has 0 aromatic heterocycles. The molecule has 28 heavy (non-hydrogen) atoms. The minimum atomic E-state index is -1.34. The van der Waals surface area contributed by atoms with Crippen molar-refractivity contribution in [3.8, 4) is 0 Å². The lowest BCUT2D eigenvalue weighted by Crippen LogP contribution is -2.58. The van der Waals surface area contributed by atoms with Crippen LogP contribution in [0.5, 0.6) is 0 Å². The SMILES string of the molecule is Cc1ccc(C(=O)N/N=C\[C@@H]2C(=O)NC(=O)N(c3ccc(C)cc3)C2=O)cc1. The molecular weight excluding hydrogens is 360 g/mol. The predicted octanol–water partition coefficient (Wildman–Crippen LogP) is 1.92. The Labute approximate surface area is 161 Å². The molecule has 1 atom stereocenters. The van der Waals surface area contributed by atoms with Gasteiger partial charge in [0.15, 0.2) is 5.92 Å². The number of anilines is 1. The number of aryl methyl sites for hydroxylation is 2. The second-order valence-corrected chi connectivity index (χ2v) is 6.37. The number of nitrogens with zero attached hydrogens (tertiary/aromatic N) is 2. The van der Waals surface area contributed by atoms with Crippen molar-refractivity contribution in [1.82, 2.24) is 10.7 Å². The van der Waals surface area contributed by atoms with Crippen LogP contribution in [0.2, 0.25) is 0 Å². The molecule has 2 N–H and O–H groups in total. The quantitative estimate of drug-likeness (QED) is 0.481. The zero-order valence-electron chi connectivity index (χ0n) is 15.3. The van der Waals surface area contributed by atoms with Crippen LogP contribution in [-0.4, -0.2) is 30.0 Å². The molecule has 0 unspecified atom stereocenters. The highest BCUT2D eigenvalue weighted by atomic mass is 16.2. The number of amides is 5. The van der Waals surface area contributed by atoms with Gasteiger partial charge in [-0.25, -0.2) is 15.1 Å². The Hall–Kier alpha value is -3.81. The van der Waals surface area contributed by atoms with E-state index in [0.717, 1.165) is 22.2 Å². The highest BCUT2D eigenvalue weighted by Crippen LogP contribution is 2.20. The molecule has 8 heteroatoms. The summed E-state index contributed by atoms with van der Waals surface area (Å²) in [5.74, 6) is -3.36. The van der Waals surface area contributed by atoms with Crippen molar-refractivity contribution in [3.05, 3.63) is 65.2 Å². The van der Waals surface area contributed by atoms with E-state index in [1.54, 1.807) is 48.5 Å². The van der Waals surface area contributed by atoms with Gasteiger partial charge in [0.05, 0.1) is 5.69 Å². The standard InChI is InChI=1S/C20H18N4O4/c1-12-3-7-14(8-4-12)17(25)23-21-11-16-18(26)22-20(28)24(19(16)27)15-9-5-13(2)6-10-15/h3-11,16H,1-2H3,(H,23,25)(H,22,26,28)/b21-11-/t16-/m1/s1. The molecule has 0 aliphatic carbocycles. The van der Waals surface area contributed by atoms with Crippen LogP contribution in [0.4, 0.5) is 10.5 Å². The van der Waals surface area contributed by atoms with Crippen LogP contribution >= 0.6 is 0 Å². The average molecular weight is 378 g/mol. The van der Waals surface area contributed by atoms with Gasteiger partial charge in [-0.3, -0.25) is 19.7 Å². The van der Waals surface area contributed by atoms with Gasteiger partial charge >= 0.3 is 6.03 Å². The number of carbonyl (C=O) groups is 4. The van der Waals surface area contributed by atoms with Crippen LogP contribution in [0.25, 0.3) is 0 Å². The Balaban J connectivity index is 1.74. The predicted molar refractivity (Wildman–Crippen MR) is 103 cm³/mol. The number of barbiturate groups is 1. The molecule has 1 aliphatic rings. The lowest BCUT2D eigenvalue weighted by Gasteiger charge is -2.28. The van der Waals surface area contributed by atoms with Gasteiger partial charge < -0.3 is 0 Å². The highest BCUT2D eigenvalue weighted by Gasteiger charge is 2.40. The molecule has 3 rings (SSSR count). The van der Waals surface area contributed by atoms with Crippen molar-refractivity contribution >= 4 is 35.7 Å². The first kappa shape index (κ1) is 19.0. The van der Waals surface area contributed by atoms with E-state index in [9.17, 15) is 19.2 Å². The molecule has 1 fully saturated rings. The number of nitrogens with one attached hydrogen (secondary N) is 2. The van der Waals surface area contributed by atoms with E-state index >= 15 is 0 Å². The molecule has 2 aromatic rings. The van der Waals surface area contributed by atoms with E-state index in [1.165, 1.54) is 0 Å². The van der Waals surface area contributed by atoms with Gasteiger partial charge in [0.25, 0.3) is 11.8 Å². The minimum absolute atomic E-state index is 0.336. The van der Waals surface area contributed by atoms with Crippen LogP contribution in [0.3, 0.4) is 0 Å². The second kappa shape index (κ2) is 7.83. The normalized spacial score (nSPS) is 17.0. The van der Waals surface area contributed by atoms with Crippen LogP contribution < -0.4 is 15.6 Å². The number of hydrazone groups is 1. The van der Waals surface area contributed by atoms with Crippen molar-refractivity contribution in [1.29, 1.82) is 0 Å². The maximum Gasteiger partial charge on any atom is 0.335 e. The molecule has 142 valence electrons. The van der Waals surface area contributed by atoms with Crippen molar-refractivity contribution in [3.63, 3.8) is 0 Å². The molecule has 0 bridgehead atoms. The maximum atomic E-state index is 12.7. The highest BCUT2D eigenvalue weighted by molar-refractivity contribution is 6.32. The molecule has 5 amide bonds. The maximum absolute atomic E-state index is 12.7. The molecule has 8 nitrogen and oxygen atoms in total. The average Bonchev–Trinajstić information content (AvgIpc) is 2.66. The van der Waals surface area contributed by atoms with Gasteiger partial charge in [-0.1, -0.05) is 35.4 Å². The third-order valence-electron chi connectivity index (χ3n) is 4.20. The monoisotopic (exact) mass is 378 g/mol. The zero-order valence-corrected chi connectivity index (χ0v) is 15.3. The summed E-state index contributed by atoms with van der Waals surface area (Å²) in [6.07, 6.45) is 1.01. The Morgan fingerprint density at radius 2 is 1.57 bits per heavy atom. The largest absolute Gasteiger partial charge is 0.335 e. The third-order valence-corrected chi connectivity index (χ3v) is 4.20. The molecule has 0 radical (unpaired) electrons. The fourth-order valence-electron chi connectivity index (χ4n) is 2.60. The smallest absolute Gasteiger partial charge is 0.276 e. The Morgan fingerprint density at radius 3 is 2.18 bits per heavy atom. The van der Waals surface area contributed by atoms with E-state index in [1.807, 2.05) is 13.8 Å². The molecular formula is C20H18N4O4. The van der Waals surface area contributed by atoms with Gasteiger partial charge in [-0.15, -0.1) is 0 Å².